The van der Waals surface area contributed by atoms with E-state index in [1.54, 1.807) is 45.6 Å². The maximum Gasteiger partial charge on any atom is 0.281 e. The van der Waals surface area contributed by atoms with Crippen molar-refractivity contribution in [2.24, 2.45) is 5.10 Å². The fourth-order valence-electron chi connectivity index (χ4n) is 3.97. The zero-order valence-electron chi connectivity index (χ0n) is 20.1. The number of hydrogen-bond donors (Lipinski definition) is 0. The van der Waals surface area contributed by atoms with E-state index < -0.39 is 0 Å². The van der Waals surface area contributed by atoms with Crippen molar-refractivity contribution in [2.75, 3.05) is 27.9 Å². The van der Waals surface area contributed by atoms with E-state index in [4.69, 9.17) is 18.9 Å². The highest BCUT2D eigenvalue weighted by molar-refractivity contribution is 9.10. The number of nitrogens with zero attached hydrogens (tertiary/aromatic N) is 2. The molecule has 9 heteroatoms. The van der Waals surface area contributed by atoms with Gasteiger partial charge in [-0.25, -0.2) is 5.01 Å². The van der Waals surface area contributed by atoms with Crippen molar-refractivity contribution in [3.8, 4) is 23.0 Å². The molecule has 0 bridgehead atoms. The topological polar surface area (TPSA) is 86.7 Å². The fraction of sp³-hybridized carbons (Fsp3) is 0.222. The van der Waals surface area contributed by atoms with Crippen molar-refractivity contribution in [3.63, 3.8) is 0 Å². The van der Waals surface area contributed by atoms with Crippen LogP contribution in [0.15, 0.2) is 70.2 Å². The molecule has 36 heavy (non-hydrogen) atoms. The van der Waals surface area contributed by atoms with Crippen LogP contribution in [0.25, 0.3) is 0 Å². The van der Waals surface area contributed by atoms with Crippen molar-refractivity contribution in [2.45, 2.75) is 12.5 Å². The first-order chi connectivity index (χ1) is 17.5. The first-order valence-corrected chi connectivity index (χ1v) is 11.9. The Kier molecular flexibility index (Phi) is 7.90. The third-order valence-corrected chi connectivity index (χ3v) is 6.32. The van der Waals surface area contributed by atoms with Gasteiger partial charge in [0.25, 0.3) is 5.91 Å². The van der Waals surface area contributed by atoms with Gasteiger partial charge in [0.2, 0.25) is 0 Å². The summed E-state index contributed by atoms with van der Waals surface area (Å²) in [7, 11) is 4.74. The van der Waals surface area contributed by atoms with Crippen LogP contribution in [0.3, 0.4) is 0 Å². The maximum absolute atomic E-state index is 13.3. The highest BCUT2D eigenvalue weighted by atomic mass is 79.9. The number of hydrazone groups is 1. The summed E-state index contributed by atoms with van der Waals surface area (Å²) in [5.41, 5.74) is 2.82. The molecule has 186 valence electrons. The molecule has 8 nitrogen and oxygen atoms in total. The summed E-state index contributed by atoms with van der Waals surface area (Å²) >= 11 is 3.33. The number of carbonyl (C=O) groups is 2. The zero-order valence-corrected chi connectivity index (χ0v) is 21.7. The average molecular weight is 553 g/mol. The number of hydrogen-bond acceptors (Lipinski definition) is 7. The highest BCUT2D eigenvalue weighted by Crippen LogP contribution is 2.37. The molecule has 1 heterocycles. The van der Waals surface area contributed by atoms with Gasteiger partial charge in [0.05, 0.1) is 38.6 Å². The van der Waals surface area contributed by atoms with E-state index in [0.29, 0.717) is 35.5 Å². The lowest BCUT2D eigenvalue weighted by atomic mass is 9.98. The Hall–Kier alpha value is -3.85. The number of amides is 1. The molecular formula is C27H25BrN2O6. The SMILES string of the molecule is COc1ccc(C2=NN(C(=O)COc3ccc(Br)cc3C=O)C(c3ccc(OC)c(OC)c3)C2)cc1. The van der Waals surface area contributed by atoms with Gasteiger partial charge in [-0.3, -0.25) is 9.59 Å². The smallest absolute Gasteiger partial charge is 0.281 e. The zero-order chi connectivity index (χ0) is 25.7. The first kappa shape index (κ1) is 25.2. The second-order valence-electron chi connectivity index (χ2n) is 7.94. The van der Waals surface area contributed by atoms with Gasteiger partial charge in [0, 0.05) is 10.9 Å². The predicted octanol–water partition coefficient (Wildman–Crippen LogP) is 5.04. The lowest BCUT2D eigenvalue weighted by molar-refractivity contribution is -0.135. The summed E-state index contributed by atoms with van der Waals surface area (Å²) in [5.74, 6) is 1.85. The van der Waals surface area contributed by atoms with Crippen molar-refractivity contribution < 1.29 is 28.5 Å². The molecule has 0 radical (unpaired) electrons. The predicted molar refractivity (Wildman–Crippen MR) is 138 cm³/mol. The Morgan fingerprint density at radius 3 is 2.36 bits per heavy atom. The minimum atomic E-state index is -0.381. The number of aldehydes is 1. The Bertz CT molecular complexity index is 1290. The molecule has 0 fully saturated rings. The largest absolute Gasteiger partial charge is 0.497 e. The van der Waals surface area contributed by atoms with Gasteiger partial charge in [-0.1, -0.05) is 22.0 Å². The van der Waals surface area contributed by atoms with Crippen LogP contribution in [0.5, 0.6) is 23.0 Å². The first-order valence-electron chi connectivity index (χ1n) is 11.1. The minimum Gasteiger partial charge on any atom is -0.497 e. The standard InChI is InChI=1S/C27H25BrN2O6/c1-33-21-8-4-17(5-9-21)22-14-23(18-6-10-25(34-2)26(13-18)35-3)30(29-22)27(32)16-36-24-11-7-20(28)12-19(24)15-31/h4-13,15,23H,14,16H2,1-3H3. The molecule has 3 aromatic rings. The molecule has 1 amide bonds. The number of halogens is 1. The Morgan fingerprint density at radius 1 is 0.972 bits per heavy atom. The molecule has 1 aliphatic rings. The Labute approximate surface area is 217 Å². The Morgan fingerprint density at radius 2 is 1.69 bits per heavy atom. The van der Waals surface area contributed by atoms with Gasteiger partial charge in [-0.2, -0.15) is 5.10 Å². The quantitative estimate of drug-likeness (QED) is 0.345. The van der Waals surface area contributed by atoms with Crippen LogP contribution in [0.4, 0.5) is 0 Å². The molecule has 0 N–H and O–H groups in total. The maximum atomic E-state index is 13.3. The third-order valence-electron chi connectivity index (χ3n) is 5.83. The number of rotatable bonds is 9. The van der Waals surface area contributed by atoms with Gasteiger partial charge < -0.3 is 18.9 Å². The lowest BCUT2D eigenvalue weighted by Crippen LogP contribution is -2.31. The van der Waals surface area contributed by atoms with E-state index in [9.17, 15) is 9.59 Å². The van der Waals surface area contributed by atoms with Crippen LogP contribution < -0.4 is 18.9 Å². The summed E-state index contributed by atoms with van der Waals surface area (Å²) in [4.78, 5) is 24.8. The van der Waals surface area contributed by atoms with E-state index in [0.717, 1.165) is 27.1 Å². The molecule has 1 unspecified atom stereocenters. The van der Waals surface area contributed by atoms with Gasteiger partial charge in [0.15, 0.2) is 24.4 Å². The minimum absolute atomic E-state index is 0.286. The molecular weight excluding hydrogens is 528 g/mol. The number of ether oxygens (including phenoxy) is 4. The van der Waals surface area contributed by atoms with Gasteiger partial charge in [0.1, 0.15) is 11.5 Å². The van der Waals surface area contributed by atoms with Crippen LogP contribution >= 0.6 is 15.9 Å². The van der Waals surface area contributed by atoms with Crippen LogP contribution in [0.2, 0.25) is 0 Å². The highest BCUT2D eigenvalue weighted by Gasteiger charge is 2.34. The van der Waals surface area contributed by atoms with Crippen LogP contribution in [-0.2, 0) is 4.79 Å². The number of carbonyl (C=O) groups excluding carboxylic acids is 2. The molecule has 0 aromatic heterocycles. The Balaban J connectivity index is 1.63. The molecule has 1 aliphatic heterocycles. The third kappa shape index (κ3) is 5.36. The normalized spacial score (nSPS) is 14.7. The fourth-order valence-corrected chi connectivity index (χ4v) is 4.35. The lowest BCUT2D eigenvalue weighted by Gasteiger charge is -2.23. The van der Waals surface area contributed by atoms with Crippen LogP contribution in [0.1, 0.15) is 33.9 Å². The summed E-state index contributed by atoms with van der Waals surface area (Å²) in [6.45, 7) is -0.286. The van der Waals surface area contributed by atoms with Crippen LogP contribution in [0, 0.1) is 0 Å². The average Bonchev–Trinajstić information content (AvgIpc) is 3.37. The number of methoxy groups -OCH3 is 3. The molecule has 1 atom stereocenters. The van der Waals surface area contributed by atoms with E-state index in [2.05, 4.69) is 21.0 Å². The van der Waals surface area contributed by atoms with Crippen LogP contribution in [-0.4, -0.2) is 50.9 Å². The monoisotopic (exact) mass is 552 g/mol. The van der Waals surface area contributed by atoms with E-state index in [-0.39, 0.29) is 18.6 Å². The molecule has 0 saturated carbocycles. The molecule has 0 aliphatic carbocycles. The summed E-state index contributed by atoms with van der Waals surface area (Å²) < 4.78 is 22.5. The van der Waals surface area contributed by atoms with E-state index in [1.807, 2.05) is 36.4 Å². The van der Waals surface area contributed by atoms with Gasteiger partial charge in [-0.15, -0.1) is 0 Å². The van der Waals surface area contributed by atoms with Crippen molar-refractivity contribution in [1.29, 1.82) is 0 Å². The number of benzene rings is 3. The second-order valence-corrected chi connectivity index (χ2v) is 8.85. The molecule has 0 spiro atoms. The second kappa shape index (κ2) is 11.3. The molecule has 0 saturated heterocycles. The van der Waals surface area contributed by atoms with Crippen molar-refractivity contribution in [1.82, 2.24) is 5.01 Å². The molecule has 3 aromatic carbocycles. The van der Waals surface area contributed by atoms with E-state index in [1.165, 1.54) is 5.01 Å². The summed E-state index contributed by atoms with van der Waals surface area (Å²) in [6.07, 6.45) is 1.18. The van der Waals surface area contributed by atoms with Gasteiger partial charge in [-0.05, 0) is 65.7 Å². The van der Waals surface area contributed by atoms with E-state index >= 15 is 0 Å². The summed E-state index contributed by atoms with van der Waals surface area (Å²) in [6, 6.07) is 17.7. The molecule has 4 rings (SSSR count). The summed E-state index contributed by atoms with van der Waals surface area (Å²) in [5, 5.41) is 6.10. The van der Waals surface area contributed by atoms with Crippen molar-refractivity contribution >= 4 is 33.8 Å². The van der Waals surface area contributed by atoms with Crippen molar-refractivity contribution in [3.05, 3.63) is 81.8 Å². The van der Waals surface area contributed by atoms with Gasteiger partial charge >= 0.3 is 0 Å².